The van der Waals surface area contributed by atoms with Gasteiger partial charge in [0, 0.05) is 14.1 Å². The Morgan fingerprint density at radius 2 is 2.20 bits per heavy atom. The third-order valence-corrected chi connectivity index (χ3v) is 2.78. The molecule has 0 fully saturated rings. The maximum absolute atomic E-state index is 11.0. The summed E-state index contributed by atoms with van der Waals surface area (Å²) < 4.78 is 5.33. The molecule has 0 unspecified atom stereocenters. The fourth-order valence-electron chi connectivity index (χ4n) is 0.678. The number of ether oxygens (including phenoxy) is 1. The Morgan fingerprint density at radius 1 is 1.53 bits per heavy atom. The van der Waals surface area contributed by atoms with Gasteiger partial charge < -0.3 is 9.57 Å². The third kappa shape index (κ3) is 4.21. The largest absolute Gasteiger partial charge is 0.458 e. The van der Waals surface area contributed by atoms with E-state index in [0.29, 0.717) is 4.34 Å². The van der Waals surface area contributed by atoms with Crippen molar-refractivity contribution in [2.45, 2.75) is 0 Å². The minimum absolute atomic E-state index is 0.164. The average molecular weight is 271 g/mol. The van der Waals surface area contributed by atoms with E-state index in [1.165, 1.54) is 5.06 Å². The van der Waals surface area contributed by atoms with Gasteiger partial charge in [-0.3, -0.25) is 0 Å². The van der Waals surface area contributed by atoms with E-state index in [2.05, 4.69) is 9.82 Å². The van der Waals surface area contributed by atoms with Gasteiger partial charge in [0.1, 0.15) is 4.34 Å². The fraction of sp³-hybridized carbons (Fsp3) is 0.429. The molecule has 1 aromatic rings. The number of thiazole rings is 1. The molecule has 0 aliphatic rings. The van der Waals surface area contributed by atoms with Crippen LogP contribution in [0.3, 0.4) is 0 Å². The molecule has 0 saturated heterocycles. The molecule has 8 heteroatoms. The van der Waals surface area contributed by atoms with Crippen molar-refractivity contribution in [1.29, 1.82) is 0 Å². The molecule has 0 radical (unpaired) electrons. The Kier molecular flexibility index (Phi) is 4.59. The fourth-order valence-corrected chi connectivity index (χ4v) is 1.70. The molecule has 1 rings (SSSR count). The number of hydrogen-bond acceptors (Lipinski definition) is 6. The lowest BCUT2D eigenvalue weighted by Gasteiger charge is -2.09. The quantitative estimate of drug-likeness (QED) is 0.782. The first-order valence-electron chi connectivity index (χ1n) is 3.82. The molecule has 5 nitrogen and oxygen atoms in total. The molecule has 0 spiro atoms. The summed E-state index contributed by atoms with van der Waals surface area (Å²) in [5.74, 6) is -0.526. The molecular formula is C7H8Cl2N2O3S. The predicted octanol–water partition coefficient (Wildman–Crippen LogP) is 1.85. The summed E-state index contributed by atoms with van der Waals surface area (Å²) in [6.07, 6.45) is 0. The van der Waals surface area contributed by atoms with E-state index < -0.39 is 5.97 Å². The summed E-state index contributed by atoms with van der Waals surface area (Å²) in [6, 6.07) is 0. The molecule has 0 atom stereocenters. The zero-order valence-corrected chi connectivity index (χ0v) is 10.3. The standard InChI is InChI=1S/C7H8Cl2N2O3S/c1-11(2)14-4(12)3-13-7-10-5(8)6(9)15-7/h3H2,1-2H3. The number of halogens is 2. The van der Waals surface area contributed by atoms with Crippen molar-refractivity contribution in [1.82, 2.24) is 10.0 Å². The minimum atomic E-state index is -0.526. The molecular weight excluding hydrogens is 263 g/mol. The van der Waals surface area contributed by atoms with Gasteiger partial charge in [0.2, 0.25) is 0 Å². The van der Waals surface area contributed by atoms with Crippen LogP contribution >= 0.6 is 34.5 Å². The van der Waals surface area contributed by atoms with Gasteiger partial charge in [-0.1, -0.05) is 34.5 Å². The first kappa shape index (κ1) is 12.5. The number of carbonyl (C=O) groups excluding carboxylic acids is 1. The van der Waals surface area contributed by atoms with Gasteiger partial charge >= 0.3 is 5.97 Å². The number of rotatable bonds is 4. The van der Waals surface area contributed by atoms with Crippen LogP contribution in [-0.2, 0) is 9.63 Å². The van der Waals surface area contributed by atoms with Gasteiger partial charge in [0.15, 0.2) is 11.8 Å². The van der Waals surface area contributed by atoms with Crippen molar-refractivity contribution >= 4 is 40.5 Å². The Morgan fingerprint density at radius 3 is 2.67 bits per heavy atom. The molecule has 84 valence electrons. The van der Waals surface area contributed by atoms with Crippen molar-refractivity contribution in [3.63, 3.8) is 0 Å². The highest BCUT2D eigenvalue weighted by Crippen LogP contribution is 2.32. The minimum Gasteiger partial charge on any atom is -0.458 e. The van der Waals surface area contributed by atoms with Crippen molar-refractivity contribution in [3.8, 4) is 5.19 Å². The van der Waals surface area contributed by atoms with Crippen LogP contribution in [0, 0.1) is 0 Å². The Labute approximate surface area is 100 Å². The Balaban J connectivity index is 2.40. The number of carbonyl (C=O) groups is 1. The summed E-state index contributed by atoms with van der Waals surface area (Å²) in [6.45, 7) is -0.238. The van der Waals surface area contributed by atoms with Crippen molar-refractivity contribution in [2.75, 3.05) is 20.7 Å². The first-order chi connectivity index (χ1) is 6.99. The number of nitrogens with zero attached hydrogens (tertiary/aromatic N) is 2. The van der Waals surface area contributed by atoms with E-state index >= 15 is 0 Å². The van der Waals surface area contributed by atoms with E-state index in [4.69, 9.17) is 27.9 Å². The number of hydrogen-bond donors (Lipinski definition) is 0. The monoisotopic (exact) mass is 270 g/mol. The highest BCUT2D eigenvalue weighted by molar-refractivity contribution is 7.18. The summed E-state index contributed by atoms with van der Waals surface area (Å²) in [7, 11) is 3.18. The van der Waals surface area contributed by atoms with E-state index in [1.54, 1.807) is 14.1 Å². The second-order valence-corrected chi connectivity index (χ2v) is 4.53. The zero-order valence-electron chi connectivity index (χ0n) is 7.99. The molecule has 0 amide bonds. The van der Waals surface area contributed by atoms with Crippen LogP contribution in [0.4, 0.5) is 0 Å². The molecule has 1 aromatic heterocycles. The van der Waals surface area contributed by atoms with Crippen LogP contribution in [0.15, 0.2) is 0 Å². The van der Waals surface area contributed by atoms with Crippen LogP contribution < -0.4 is 4.74 Å². The summed E-state index contributed by atoms with van der Waals surface area (Å²) >= 11 is 12.3. The Bertz CT molecular complexity index is 337. The summed E-state index contributed by atoms with van der Waals surface area (Å²) in [5, 5.41) is 1.67. The smallest absolute Gasteiger partial charge is 0.363 e. The third-order valence-electron chi connectivity index (χ3n) is 1.13. The molecule has 0 bridgehead atoms. The van der Waals surface area contributed by atoms with Gasteiger partial charge in [-0.05, 0) is 0 Å². The molecule has 0 aromatic carbocycles. The topological polar surface area (TPSA) is 51.7 Å². The lowest BCUT2D eigenvalue weighted by atomic mass is 10.7. The molecule has 15 heavy (non-hydrogen) atoms. The first-order valence-corrected chi connectivity index (χ1v) is 5.39. The molecule has 1 heterocycles. The van der Waals surface area contributed by atoms with Crippen molar-refractivity contribution in [2.24, 2.45) is 0 Å². The van der Waals surface area contributed by atoms with Crippen LogP contribution in [0.5, 0.6) is 5.19 Å². The van der Waals surface area contributed by atoms with Gasteiger partial charge in [0.25, 0.3) is 5.19 Å². The molecule has 0 N–H and O–H groups in total. The second-order valence-electron chi connectivity index (χ2n) is 2.61. The zero-order chi connectivity index (χ0) is 11.4. The molecule has 0 saturated carbocycles. The Hall–Kier alpha value is -0.560. The predicted molar refractivity (Wildman–Crippen MR) is 57.4 cm³/mol. The van der Waals surface area contributed by atoms with Crippen LogP contribution in [0.2, 0.25) is 9.49 Å². The van der Waals surface area contributed by atoms with Crippen LogP contribution in [-0.4, -0.2) is 36.7 Å². The molecule has 0 aliphatic heterocycles. The van der Waals surface area contributed by atoms with Crippen LogP contribution in [0.25, 0.3) is 0 Å². The SMILES string of the molecule is CN(C)OC(=O)COc1nc(Cl)c(Cl)s1. The van der Waals surface area contributed by atoms with E-state index in [9.17, 15) is 4.79 Å². The van der Waals surface area contributed by atoms with Gasteiger partial charge in [-0.15, -0.1) is 5.06 Å². The molecule has 0 aliphatic carbocycles. The number of aromatic nitrogens is 1. The maximum atomic E-state index is 11.0. The van der Waals surface area contributed by atoms with E-state index in [0.717, 1.165) is 11.3 Å². The lowest BCUT2D eigenvalue weighted by Crippen LogP contribution is -2.23. The maximum Gasteiger partial charge on any atom is 0.363 e. The normalized spacial score (nSPS) is 10.5. The number of hydroxylamine groups is 2. The summed E-state index contributed by atoms with van der Waals surface area (Å²) in [4.78, 5) is 19.5. The van der Waals surface area contributed by atoms with Crippen LogP contribution in [0.1, 0.15) is 0 Å². The average Bonchev–Trinajstić information content (AvgIpc) is 2.42. The van der Waals surface area contributed by atoms with Gasteiger partial charge in [-0.25, -0.2) is 4.79 Å². The van der Waals surface area contributed by atoms with Gasteiger partial charge in [0.05, 0.1) is 0 Å². The van der Waals surface area contributed by atoms with Gasteiger partial charge in [-0.2, -0.15) is 4.98 Å². The second kappa shape index (κ2) is 5.50. The van der Waals surface area contributed by atoms with E-state index in [1.807, 2.05) is 0 Å². The highest BCUT2D eigenvalue weighted by Gasteiger charge is 2.11. The van der Waals surface area contributed by atoms with Crippen molar-refractivity contribution < 1.29 is 14.4 Å². The summed E-state index contributed by atoms with van der Waals surface area (Å²) in [5.41, 5.74) is 0. The lowest BCUT2D eigenvalue weighted by molar-refractivity contribution is -0.180. The van der Waals surface area contributed by atoms with Crippen molar-refractivity contribution in [3.05, 3.63) is 9.49 Å². The highest BCUT2D eigenvalue weighted by atomic mass is 35.5. The van der Waals surface area contributed by atoms with E-state index in [-0.39, 0.29) is 17.0 Å².